The number of hydrogen-bond donors (Lipinski definition) is 0. The maximum absolute atomic E-state index is 10.4. The molecule has 0 bridgehead atoms. The average molecular weight is 314 g/mol. The molecule has 0 radical (unpaired) electrons. The molecule has 0 amide bonds. The summed E-state index contributed by atoms with van der Waals surface area (Å²) < 4.78 is 31.3. The summed E-state index contributed by atoms with van der Waals surface area (Å²) in [6.07, 6.45) is 0. The molecule has 0 aromatic heterocycles. The largest absolute Gasteiger partial charge is 1.00 e. The predicted molar refractivity (Wildman–Crippen MR) is 67.9 cm³/mol. The van der Waals surface area contributed by atoms with Crippen molar-refractivity contribution in [1.29, 1.82) is 0 Å². The Bertz CT molecular complexity index is 551. The summed E-state index contributed by atoms with van der Waals surface area (Å²) in [5, 5.41) is 9.56. The van der Waals surface area contributed by atoms with E-state index in [4.69, 9.17) is 11.6 Å². The Labute approximate surface area is 139 Å². The molecule has 0 aliphatic carbocycles. The third kappa shape index (κ3) is 7.86. The average Bonchev–Trinajstić information content (AvgIpc) is 2.26. The van der Waals surface area contributed by atoms with Gasteiger partial charge in [0.1, 0.15) is 0 Å². The van der Waals surface area contributed by atoms with E-state index in [0.717, 1.165) is 5.56 Å². The minimum Gasteiger partial charge on any atom is -0.748 e. The number of halogens is 1. The van der Waals surface area contributed by atoms with Crippen LogP contribution in [0.1, 0.15) is 5.56 Å². The molecule has 6 nitrogen and oxygen atoms in total. The SMILES string of the molecule is Cc1ccc(Cl)cc1N=NN(C)CCS(=O)(=O)[O-].[Na+]. The Hall–Kier alpha value is -0.180. The molecule has 0 unspecified atom stereocenters. The third-order valence-electron chi connectivity index (χ3n) is 2.14. The van der Waals surface area contributed by atoms with E-state index in [1.165, 1.54) is 12.1 Å². The minimum atomic E-state index is -4.23. The van der Waals surface area contributed by atoms with Gasteiger partial charge in [-0.2, -0.15) is 0 Å². The van der Waals surface area contributed by atoms with Crippen LogP contribution in [0.4, 0.5) is 5.69 Å². The van der Waals surface area contributed by atoms with Crippen molar-refractivity contribution in [3.05, 3.63) is 28.8 Å². The second-order valence-electron chi connectivity index (χ2n) is 3.76. The predicted octanol–water partition coefficient (Wildman–Crippen LogP) is -0.872. The van der Waals surface area contributed by atoms with Crippen LogP contribution in [-0.2, 0) is 10.1 Å². The maximum atomic E-state index is 10.4. The van der Waals surface area contributed by atoms with Gasteiger partial charge in [-0.25, -0.2) is 8.42 Å². The first-order valence-electron chi connectivity index (χ1n) is 5.10. The van der Waals surface area contributed by atoms with E-state index < -0.39 is 15.9 Å². The van der Waals surface area contributed by atoms with Crippen molar-refractivity contribution in [3.8, 4) is 0 Å². The fourth-order valence-electron chi connectivity index (χ4n) is 1.10. The molecule has 0 N–H and O–H groups in total. The van der Waals surface area contributed by atoms with E-state index in [1.807, 2.05) is 6.92 Å². The van der Waals surface area contributed by atoms with Crippen LogP contribution >= 0.6 is 11.6 Å². The van der Waals surface area contributed by atoms with Gasteiger partial charge in [-0.3, -0.25) is 5.01 Å². The van der Waals surface area contributed by atoms with Crippen molar-refractivity contribution >= 4 is 27.4 Å². The van der Waals surface area contributed by atoms with E-state index in [9.17, 15) is 13.0 Å². The Morgan fingerprint density at radius 3 is 2.63 bits per heavy atom. The van der Waals surface area contributed by atoms with Crippen LogP contribution in [0.2, 0.25) is 5.02 Å². The summed E-state index contributed by atoms with van der Waals surface area (Å²) in [5.74, 6) is -0.503. The molecule has 100 valence electrons. The Kier molecular flexibility index (Phi) is 8.11. The molecule has 0 spiro atoms. The molecule has 0 fully saturated rings. The topological polar surface area (TPSA) is 85.2 Å². The first-order chi connectivity index (χ1) is 8.28. The van der Waals surface area contributed by atoms with Crippen molar-refractivity contribution < 1.29 is 42.5 Å². The molecule has 9 heteroatoms. The molecule has 0 heterocycles. The molecule has 0 saturated carbocycles. The quantitative estimate of drug-likeness (QED) is 0.306. The zero-order valence-electron chi connectivity index (χ0n) is 11.0. The molecule has 1 aromatic rings. The van der Waals surface area contributed by atoms with Gasteiger partial charge >= 0.3 is 29.6 Å². The molecule has 0 saturated heterocycles. The molecule has 0 aliphatic heterocycles. The van der Waals surface area contributed by atoms with E-state index in [1.54, 1.807) is 18.2 Å². The monoisotopic (exact) mass is 313 g/mol. The molecule has 19 heavy (non-hydrogen) atoms. The standard InChI is InChI=1S/C10H14ClN3O3S.Na/c1-8-3-4-9(11)7-10(8)12-13-14(2)5-6-18(15,16)17;/h3-4,7H,5-6H2,1-2H3,(H,15,16,17);/q;+1/p-1. The summed E-state index contributed by atoms with van der Waals surface area (Å²) >= 11 is 5.82. The Morgan fingerprint density at radius 1 is 1.42 bits per heavy atom. The zero-order chi connectivity index (χ0) is 13.8. The summed E-state index contributed by atoms with van der Waals surface area (Å²) in [6, 6.07) is 5.20. The Morgan fingerprint density at radius 2 is 2.05 bits per heavy atom. The number of aryl methyl sites for hydroxylation is 1. The van der Waals surface area contributed by atoms with Gasteiger partial charge in [0.25, 0.3) is 0 Å². The van der Waals surface area contributed by atoms with Crippen molar-refractivity contribution in [2.24, 2.45) is 10.3 Å². The fraction of sp³-hybridized carbons (Fsp3) is 0.400. The summed E-state index contributed by atoms with van der Waals surface area (Å²) in [7, 11) is -2.70. The number of hydrogen-bond acceptors (Lipinski definition) is 5. The molecule has 1 aromatic carbocycles. The molecular formula is C10H13ClN3NaO3S. The normalized spacial score (nSPS) is 11.4. The van der Waals surface area contributed by atoms with E-state index in [2.05, 4.69) is 10.3 Å². The third-order valence-corrected chi connectivity index (χ3v) is 3.06. The van der Waals surface area contributed by atoms with Crippen LogP contribution in [0.25, 0.3) is 0 Å². The summed E-state index contributed by atoms with van der Waals surface area (Å²) in [5.41, 5.74) is 1.49. The molecule has 0 atom stereocenters. The van der Waals surface area contributed by atoms with Crippen LogP contribution in [0.15, 0.2) is 28.5 Å². The van der Waals surface area contributed by atoms with Crippen molar-refractivity contribution in [3.63, 3.8) is 0 Å². The number of nitrogens with zero attached hydrogens (tertiary/aromatic N) is 3. The van der Waals surface area contributed by atoms with Crippen LogP contribution < -0.4 is 29.6 Å². The van der Waals surface area contributed by atoms with Crippen LogP contribution in [-0.4, -0.2) is 37.3 Å². The van der Waals surface area contributed by atoms with Gasteiger partial charge in [0.05, 0.1) is 28.1 Å². The van der Waals surface area contributed by atoms with Gasteiger partial charge in [-0.05, 0) is 24.6 Å². The van der Waals surface area contributed by atoms with Gasteiger partial charge in [0.15, 0.2) is 0 Å². The first-order valence-corrected chi connectivity index (χ1v) is 7.06. The second kappa shape index (κ2) is 8.18. The van der Waals surface area contributed by atoms with Crippen molar-refractivity contribution in [2.75, 3.05) is 19.3 Å². The molecule has 1 rings (SSSR count). The maximum Gasteiger partial charge on any atom is 1.00 e. The van der Waals surface area contributed by atoms with Gasteiger partial charge in [0.2, 0.25) is 0 Å². The van der Waals surface area contributed by atoms with Crippen molar-refractivity contribution in [2.45, 2.75) is 6.92 Å². The zero-order valence-corrected chi connectivity index (χ0v) is 14.6. The van der Waals surface area contributed by atoms with Gasteiger partial charge in [-0.1, -0.05) is 22.9 Å². The fourth-order valence-corrected chi connectivity index (χ4v) is 1.76. The van der Waals surface area contributed by atoms with Crippen molar-refractivity contribution in [1.82, 2.24) is 5.01 Å². The molecule has 0 aliphatic rings. The van der Waals surface area contributed by atoms with E-state index >= 15 is 0 Å². The van der Waals surface area contributed by atoms with Crippen LogP contribution in [0.3, 0.4) is 0 Å². The Balaban J connectivity index is 0.00000324. The minimum absolute atomic E-state index is 0. The number of benzene rings is 1. The van der Waals surface area contributed by atoms with Crippen LogP contribution in [0, 0.1) is 6.92 Å². The second-order valence-corrected chi connectivity index (χ2v) is 5.72. The van der Waals surface area contributed by atoms with Gasteiger partial charge in [-0.15, -0.1) is 5.11 Å². The van der Waals surface area contributed by atoms with Gasteiger partial charge in [0, 0.05) is 12.1 Å². The number of rotatable bonds is 5. The first kappa shape index (κ1) is 18.8. The van der Waals surface area contributed by atoms with Gasteiger partial charge < -0.3 is 4.55 Å². The van der Waals surface area contributed by atoms with E-state index in [-0.39, 0.29) is 36.1 Å². The van der Waals surface area contributed by atoms with E-state index in [0.29, 0.717) is 10.7 Å². The summed E-state index contributed by atoms with van der Waals surface area (Å²) in [4.78, 5) is 0. The molecular weight excluding hydrogens is 301 g/mol. The smallest absolute Gasteiger partial charge is 0.748 e. The van der Waals surface area contributed by atoms with Crippen LogP contribution in [0.5, 0.6) is 0 Å². The summed E-state index contributed by atoms with van der Waals surface area (Å²) in [6.45, 7) is 1.85.